The zero-order valence-corrected chi connectivity index (χ0v) is 15.9. The normalized spacial score (nSPS) is 23.9. The molecule has 2 aromatic rings. The number of hydrogen-bond donors (Lipinski definition) is 1. The molecule has 1 aliphatic carbocycles. The Kier molecular flexibility index (Phi) is 5.36. The molecule has 3 heterocycles. The molecule has 2 aromatic heterocycles. The van der Waals surface area contributed by atoms with Crippen LogP contribution >= 0.6 is 12.2 Å². The van der Waals surface area contributed by atoms with Crippen LogP contribution in [0.4, 0.5) is 19.1 Å². The fourth-order valence-electron chi connectivity index (χ4n) is 3.84. The molecule has 1 N–H and O–H groups in total. The van der Waals surface area contributed by atoms with E-state index >= 15 is 0 Å². The molecule has 2 unspecified atom stereocenters. The van der Waals surface area contributed by atoms with E-state index in [9.17, 15) is 13.2 Å². The van der Waals surface area contributed by atoms with E-state index in [2.05, 4.69) is 25.6 Å². The van der Waals surface area contributed by atoms with Gasteiger partial charge in [-0.3, -0.25) is 9.67 Å². The van der Waals surface area contributed by atoms with Gasteiger partial charge in [0, 0.05) is 19.1 Å². The highest BCUT2D eigenvalue weighted by Crippen LogP contribution is 2.42. The Morgan fingerprint density at radius 2 is 2.00 bits per heavy atom. The minimum Gasteiger partial charge on any atom is -0.378 e. The van der Waals surface area contributed by atoms with Crippen LogP contribution in [0.15, 0.2) is 0 Å². The highest BCUT2D eigenvalue weighted by atomic mass is 32.1. The van der Waals surface area contributed by atoms with Gasteiger partial charge in [0.1, 0.15) is 6.54 Å². The highest BCUT2D eigenvalue weighted by Gasteiger charge is 2.43. The van der Waals surface area contributed by atoms with Crippen molar-refractivity contribution in [2.75, 3.05) is 31.2 Å². The Hall–Kier alpha value is -2.02. The predicted octanol–water partition coefficient (Wildman–Crippen LogP) is 2.11. The lowest BCUT2D eigenvalue weighted by molar-refractivity contribution is -0.185. The van der Waals surface area contributed by atoms with Gasteiger partial charge in [-0.2, -0.15) is 23.1 Å². The van der Waals surface area contributed by atoms with Gasteiger partial charge >= 0.3 is 6.18 Å². The van der Waals surface area contributed by atoms with E-state index in [1.54, 1.807) is 4.57 Å². The second kappa shape index (κ2) is 7.78. The van der Waals surface area contributed by atoms with E-state index in [-0.39, 0.29) is 25.4 Å². The fraction of sp³-hybridized carbons (Fsp3) is 0.800. The third kappa shape index (κ3) is 4.04. The second-order valence-corrected chi connectivity index (χ2v) is 7.48. The summed E-state index contributed by atoms with van der Waals surface area (Å²) in [6, 6.07) is -0.344. The lowest BCUT2D eigenvalue weighted by atomic mass is 9.85. The minimum absolute atomic E-state index is 0.00809. The molecule has 9 nitrogen and oxygen atoms in total. The fourth-order valence-corrected chi connectivity index (χ4v) is 4.14. The maximum atomic E-state index is 13.2. The molecule has 154 valence electrons. The van der Waals surface area contributed by atoms with Crippen LogP contribution in [0.5, 0.6) is 0 Å². The van der Waals surface area contributed by atoms with Crippen LogP contribution in [-0.4, -0.2) is 67.5 Å². The summed E-state index contributed by atoms with van der Waals surface area (Å²) in [6.07, 6.45) is -2.88. The Bertz CT molecular complexity index is 856. The number of H-pyrrole nitrogens is 1. The molecule has 0 spiro atoms. The molecule has 0 radical (unpaired) electrons. The van der Waals surface area contributed by atoms with E-state index in [0.717, 1.165) is 0 Å². The topological polar surface area (TPSA) is 89.7 Å². The van der Waals surface area contributed by atoms with Crippen molar-refractivity contribution in [3.8, 4) is 0 Å². The zero-order valence-electron chi connectivity index (χ0n) is 15.1. The number of alkyl halides is 3. The van der Waals surface area contributed by atoms with Crippen LogP contribution in [0.1, 0.15) is 37.5 Å². The monoisotopic (exact) mass is 418 g/mol. The molecule has 4 rings (SSSR count). The predicted molar refractivity (Wildman–Crippen MR) is 94.4 cm³/mol. The first kappa shape index (κ1) is 19.3. The van der Waals surface area contributed by atoms with Crippen molar-refractivity contribution in [3.05, 3.63) is 10.6 Å². The van der Waals surface area contributed by atoms with E-state index in [1.807, 2.05) is 4.90 Å². The molecule has 2 fully saturated rings. The lowest BCUT2D eigenvalue weighted by Gasteiger charge is -2.31. The van der Waals surface area contributed by atoms with Crippen molar-refractivity contribution in [2.24, 2.45) is 5.92 Å². The SMILES string of the molecule is FC(F)(F)C1CCCC(n2c(Cn3nnc(N4CCOCC4)n3)n[nH]c2=S)C1. The molecule has 1 saturated heterocycles. The van der Waals surface area contributed by atoms with Gasteiger partial charge in [-0.1, -0.05) is 11.5 Å². The zero-order chi connectivity index (χ0) is 19.7. The quantitative estimate of drug-likeness (QED) is 0.761. The first-order chi connectivity index (χ1) is 13.4. The number of aromatic nitrogens is 7. The van der Waals surface area contributed by atoms with E-state index < -0.39 is 12.1 Å². The summed E-state index contributed by atoms with van der Waals surface area (Å²) in [5.74, 6) is -0.309. The number of morpholine rings is 1. The van der Waals surface area contributed by atoms with Gasteiger partial charge in [0.05, 0.1) is 19.1 Å². The van der Waals surface area contributed by atoms with Crippen LogP contribution in [0.25, 0.3) is 0 Å². The van der Waals surface area contributed by atoms with Crippen LogP contribution in [0, 0.1) is 10.7 Å². The van der Waals surface area contributed by atoms with Crippen LogP contribution < -0.4 is 4.90 Å². The average Bonchev–Trinajstić information content (AvgIpc) is 3.29. The Balaban J connectivity index is 1.51. The molecule has 2 atom stereocenters. The van der Waals surface area contributed by atoms with Gasteiger partial charge in [0.2, 0.25) is 0 Å². The average molecular weight is 418 g/mol. The van der Waals surface area contributed by atoms with Gasteiger partial charge in [-0.25, -0.2) is 0 Å². The molecular formula is C15H21F3N8OS. The molecule has 0 amide bonds. The smallest absolute Gasteiger partial charge is 0.378 e. The van der Waals surface area contributed by atoms with Crippen molar-refractivity contribution in [1.82, 2.24) is 35.0 Å². The van der Waals surface area contributed by atoms with Gasteiger partial charge in [0.25, 0.3) is 5.95 Å². The Morgan fingerprint density at radius 3 is 2.75 bits per heavy atom. The summed E-state index contributed by atoms with van der Waals surface area (Å²) in [5.41, 5.74) is 0. The molecule has 2 aliphatic rings. The van der Waals surface area contributed by atoms with Crippen molar-refractivity contribution >= 4 is 18.2 Å². The number of hydrogen-bond acceptors (Lipinski definition) is 7. The number of ether oxygens (including phenoxy) is 1. The Labute approximate surface area is 163 Å². The molecule has 1 aliphatic heterocycles. The van der Waals surface area contributed by atoms with Crippen molar-refractivity contribution in [1.29, 1.82) is 0 Å². The van der Waals surface area contributed by atoms with Crippen molar-refractivity contribution in [2.45, 2.75) is 44.4 Å². The first-order valence-electron chi connectivity index (χ1n) is 9.25. The third-order valence-corrected chi connectivity index (χ3v) is 5.56. The summed E-state index contributed by atoms with van der Waals surface area (Å²) in [7, 11) is 0. The number of aromatic amines is 1. The molecule has 28 heavy (non-hydrogen) atoms. The number of nitrogens with one attached hydrogen (secondary N) is 1. The number of nitrogens with zero attached hydrogens (tertiary/aromatic N) is 7. The third-order valence-electron chi connectivity index (χ3n) is 5.27. The molecule has 0 bridgehead atoms. The summed E-state index contributed by atoms with van der Waals surface area (Å²) in [4.78, 5) is 3.36. The van der Waals surface area contributed by atoms with Crippen LogP contribution in [0.2, 0.25) is 0 Å². The van der Waals surface area contributed by atoms with E-state index in [4.69, 9.17) is 17.0 Å². The van der Waals surface area contributed by atoms with E-state index in [1.165, 1.54) is 4.80 Å². The molecular weight excluding hydrogens is 397 g/mol. The van der Waals surface area contributed by atoms with Crippen LogP contribution in [0.3, 0.4) is 0 Å². The van der Waals surface area contributed by atoms with Crippen LogP contribution in [-0.2, 0) is 11.3 Å². The summed E-state index contributed by atoms with van der Waals surface area (Å²) < 4.78 is 46.8. The van der Waals surface area contributed by atoms with Gasteiger partial charge in [-0.15, -0.1) is 5.10 Å². The number of anilines is 1. The lowest BCUT2D eigenvalue weighted by Crippen LogP contribution is -2.37. The van der Waals surface area contributed by atoms with E-state index in [0.29, 0.717) is 55.7 Å². The summed E-state index contributed by atoms with van der Waals surface area (Å²) >= 11 is 5.29. The maximum Gasteiger partial charge on any atom is 0.391 e. The van der Waals surface area contributed by atoms with Crippen molar-refractivity contribution in [3.63, 3.8) is 0 Å². The standard InChI is InChI=1S/C15H21F3N8OS/c16-15(17,18)10-2-1-3-11(8-10)26-12(19-21-14(26)28)9-25-22-13(20-23-25)24-4-6-27-7-5-24/h10-11H,1-9H2,(H,21,28). The summed E-state index contributed by atoms with van der Waals surface area (Å²) in [6.45, 7) is 2.76. The van der Waals surface area contributed by atoms with Gasteiger partial charge in [-0.05, 0) is 36.7 Å². The molecule has 13 heteroatoms. The number of tetrazole rings is 1. The number of halogens is 3. The molecule has 1 saturated carbocycles. The highest BCUT2D eigenvalue weighted by molar-refractivity contribution is 7.71. The van der Waals surface area contributed by atoms with Crippen molar-refractivity contribution < 1.29 is 17.9 Å². The molecule has 0 aromatic carbocycles. The second-order valence-electron chi connectivity index (χ2n) is 7.09. The minimum atomic E-state index is -4.19. The van der Waals surface area contributed by atoms with Gasteiger partial charge in [0.15, 0.2) is 10.6 Å². The summed E-state index contributed by atoms with van der Waals surface area (Å²) in [5, 5.41) is 19.4. The Morgan fingerprint density at radius 1 is 1.21 bits per heavy atom. The first-order valence-corrected chi connectivity index (χ1v) is 9.65. The van der Waals surface area contributed by atoms with Gasteiger partial charge < -0.3 is 9.64 Å². The largest absolute Gasteiger partial charge is 0.391 e. The number of rotatable bonds is 4. The maximum absolute atomic E-state index is 13.2.